The van der Waals surface area contributed by atoms with Crippen LogP contribution in [0, 0.1) is 6.92 Å². The Kier molecular flexibility index (Phi) is 5.66. The number of anilines is 3. The van der Waals surface area contributed by atoms with E-state index in [-0.39, 0.29) is 11.6 Å². The first-order chi connectivity index (χ1) is 13.1. The first-order valence-electron chi connectivity index (χ1n) is 8.75. The normalized spacial score (nSPS) is 10.3. The number of benzene rings is 2. The highest BCUT2D eigenvalue weighted by Gasteiger charge is 2.12. The summed E-state index contributed by atoms with van der Waals surface area (Å²) in [5.74, 6) is 1.01. The number of aromatic nitrogens is 2. The number of carbonyl (C=O) groups excluding carboxylic acids is 1. The van der Waals surface area contributed by atoms with E-state index in [2.05, 4.69) is 27.8 Å². The number of carbonyl (C=O) groups is 1. The van der Waals surface area contributed by atoms with Gasteiger partial charge >= 0.3 is 0 Å². The van der Waals surface area contributed by atoms with Crippen molar-refractivity contribution < 1.29 is 9.53 Å². The zero-order valence-electron chi connectivity index (χ0n) is 15.6. The van der Waals surface area contributed by atoms with Gasteiger partial charge < -0.3 is 15.4 Å². The molecular formula is C21H22N4O2. The van der Waals surface area contributed by atoms with Gasteiger partial charge in [0, 0.05) is 17.4 Å². The first-order valence-corrected chi connectivity index (χ1v) is 8.75. The van der Waals surface area contributed by atoms with Crippen LogP contribution in [0.4, 0.5) is 17.2 Å². The van der Waals surface area contributed by atoms with Gasteiger partial charge in [0.15, 0.2) is 11.5 Å². The summed E-state index contributed by atoms with van der Waals surface area (Å²) >= 11 is 0. The highest BCUT2D eigenvalue weighted by Crippen LogP contribution is 2.22. The fourth-order valence-electron chi connectivity index (χ4n) is 2.75. The Hall–Kier alpha value is -3.41. The molecule has 1 aromatic heterocycles. The van der Waals surface area contributed by atoms with Gasteiger partial charge in [0.25, 0.3) is 5.91 Å². The van der Waals surface area contributed by atoms with Crippen molar-refractivity contribution in [1.29, 1.82) is 0 Å². The van der Waals surface area contributed by atoms with Gasteiger partial charge in [-0.05, 0) is 48.7 Å². The molecule has 2 aromatic carbocycles. The molecule has 0 aliphatic rings. The quantitative estimate of drug-likeness (QED) is 0.682. The second kappa shape index (κ2) is 8.31. The van der Waals surface area contributed by atoms with Crippen LogP contribution in [-0.4, -0.2) is 23.2 Å². The van der Waals surface area contributed by atoms with Crippen LogP contribution < -0.4 is 15.4 Å². The standard InChI is InChI=1S/C21H22N4O2/c1-4-15-8-5-7-14(2)20(15)23-21(26)18-11-12-19(25-24-18)22-16-9-6-10-17(13-16)27-3/h5-13H,4H2,1-3H3,(H,22,25)(H,23,26). The van der Waals surface area contributed by atoms with Crippen LogP contribution in [0.1, 0.15) is 28.5 Å². The maximum absolute atomic E-state index is 12.5. The molecule has 6 heteroatoms. The Bertz CT molecular complexity index is 939. The molecule has 3 rings (SSSR count). The third-order valence-electron chi connectivity index (χ3n) is 4.22. The summed E-state index contributed by atoms with van der Waals surface area (Å²) < 4.78 is 5.20. The van der Waals surface area contributed by atoms with E-state index < -0.39 is 0 Å². The lowest BCUT2D eigenvalue weighted by Gasteiger charge is -2.12. The van der Waals surface area contributed by atoms with Crippen LogP contribution in [0.2, 0.25) is 0 Å². The number of hydrogen-bond acceptors (Lipinski definition) is 5. The Balaban J connectivity index is 1.72. The van der Waals surface area contributed by atoms with Gasteiger partial charge in [0.05, 0.1) is 7.11 Å². The van der Waals surface area contributed by atoms with Crippen molar-refractivity contribution in [2.75, 3.05) is 17.7 Å². The SMILES string of the molecule is CCc1cccc(C)c1NC(=O)c1ccc(Nc2cccc(OC)c2)nn1. The van der Waals surface area contributed by atoms with Crippen LogP contribution in [-0.2, 0) is 6.42 Å². The van der Waals surface area contributed by atoms with E-state index in [9.17, 15) is 4.79 Å². The fourth-order valence-corrected chi connectivity index (χ4v) is 2.75. The number of ether oxygens (including phenoxy) is 1. The number of nitrogens with one attached hydrogen (secondary N) is 2. The van der Waals surface area contributed by atoms with E-state index in [0.717, 1.165) is 34.7 Å². The smallest absolute Gasteiger partial charge is 0.276 e. The summed E-state index contributed by atoms with van der Waals surface area (Å²) in [5, 5.41) is 14.2. The fraction of sp³-hybridized carbons (Fsp3) is 0.190. The van der Waals surface area contributed by atoms with Crippen LogP contribution in [0.15, 0.2) is 54.6 Å². The summed E-state index contributed by atoms with van der Waals surface area (Å²) in [6.07, 6.45) is 0.840. The minimum Gasteiger partial charge on any atom is -0.497 e. The van der Waals surface area contributed by atoms with E-state index in [1.165, 1.54) is 0 Å². The summed E-state index contributed by atoms with van der Waals surface area (Å²) in [5.41, 5.74) is 4.04. The van der Waals surface area contributed by atoms with Crippen molar-refractivity contribution in [3.63, 3.8) is 0 Å². The molecule has 1 amide bonds. The molecule has 0 spiro atoms. The lowest BCUT2D eigenvalue weighted by atomic mass is 10.1. The Labute approximate surface area is 158 Å². The Morgan fingerprint density at radius 3 is 2.59 bits per heavy atom. The molecule has 0 radical (unpaired) electrons. The molecule has 1 heterocycles. The van der Waals surface area contributed by atoms with E-state index in [1.807, 2.05) is 49.4 Å². The van der Waals surface area contributed by atoms with Crippen molar-refractivity contribution in [3.8, 4) is 5.75 Å². The number of amides is 1. The molecule has 3 aromatic rings. The van der Waals surface area contributed by atoms with Crippen LogP contribution in [0.3, 0.4) is 0 Å². The zero-order valence-corrected chi connectivity index (χ0v) is 15.6. The molecule has 0 aliphatic heterocycles. The average molecular weight is 362 g/mol. The molecule has 0 bridgehead atoms. The van der Waals surface area contributed by atoms with Crippen molar-refractivity contribution in [2.24, 2.45) is 0 Å². The molecule has 0 saturated heterocycles. The van der Waals surface area contributed by atoms with Gasteiger partial charge in [-0.1, -0.05) is 31.2 Å². The van der Waals surface area contributed by atoms with E-state index in [4.69, 9.17) is 4.74 Å². The summed E-state index contributed by atoms with van der Waals surface area (Å²) in [7, 11) is 1.62. The third-order valence-corrected chi connectivity index (χ3v) is 4.22. The third kappa shape index (κ3) is 4.41. The van der Waals surface area contributed by atoms with Crippen LogP contribution in [0.5, 0.6) is 5.75 Å². The molecule has 0 fully saturated rings. The van der Waals surface area contributed by atoms with Crippen molar-refractivity contribution in [2.45, 2.75) is 20.3 Å². The van der Waals surface area contributed by atoms with Gasteiger partial charge in [-0.15, -0.1) is 10.2 Å². The van der Waals surface area contributed by atoms with E-state index >= 15 is 0 Å². The second-order valence-corrected chi connectivity index (χ2v) is 6.08. The molecule has 2 N–H and O–H groups in total. The highest BCUT2D eigenvalue weighted by atomic mass is 16.5. The Morgan fingerprint density at radius 1 is 1.07 bits per heavy atom. The number of nitrogens with zero attached hydrogens (tertiary/aromatic N) is 2. The minimum absolute atomic E-state index is 0.261. The molecule has 0 atom stereocenters. The number of methoxy groups -OCH3 is 1. The van der Waals surface area contributed by atoms with Gasteiger partial charge in [-0.25, -0.2) is 0 Å². The highest BCUT2D eigenvalue weighted by molar-refractivity contribution is 6.03. The minimum atomic E-state index is -0.278. The van der Waals surface area contributed by atoms with Gasteiger partial charge in [-0.3, -0.25) is 4.79 Å². The van der Waals surface area contributed by atoms with Crippen molar-refractivity contribution in [1.82, 2.24) is 10.2 Å². The number of para-hydroxylation sites is 1. The van der Waals surface area contributed by atoms with Gasteiger partial charge in [-0.2, -0.15) is 0 Å². The molecular weight excluding hydrogens is 340 g/mol. The molecule has 6 nitrogen and oxygen atoms in total. The number of aryl methyl sites for hydroxylation is 2. The topological polar surface area (TPSA) is 76.1 Å². The zero-order chi connectivity index (χ0) is 19.2. The number of rotatable bonds is 6. The molecule has 0 unspecified atom stereocenters. The van der Waals surface area contributed by atoms with Crippen molar-refractivity contribution >= 4 is 23.1 Å². The molecule has 138 valence electrons. The maximum atomic E-state index is 12.5. The van der Waals surface area contributed by atoms with Crippen LogP contribution >= 0.6 is 0 Å². The van der Waals surface area contributed by atoms with Crippen LogP contribution in [0.25, 0.3) is 0 Å². The summed E-state index contributed by atoms with van der Waals surface area (Å²) in [6.45, 7) is 4.03. The maximum Gasteiger partial charge on any atom is 0.276 e. The molecule has 27 heavy (non-hydrogen) atoms. The first kappa shape index (κ1) is 18.4. The predicted molar refractivity (Wildman–Crippen MR) is 107 cm³/mol. The second-order valence-electron chi connectivity index (χ2n) is 6.08. The Morgan fingerprint density at radius 2 is 1.89 bits per heavy atom. The van der Waals surface area contributed by atoms with E-state index in [1.54, 1.807) is 19.2 Å². The van der Waals surface area contributed by atoms with Crippen molar-refractivity contribution in [3.05, 3.63) is 71.4 Å². The monoisotopic (exact) mass is 362 g/mol. The average Bonchev–Trinajstić information content (AvgIpc) is 2.70. The molecule has 0 saturated carbocycles. The summed E-state index contributed by atoms with van der Waals surface area (Å²) in [4.78, 5) is 12.5. The lowest BCUT2D eigenvalue weighted by molar-refractivity contribution is 0.102. The predicted octanol–water partition coefficient (Wildman–Crippen LogP) is 4.35. The lowest BCUT2D eigenvalue weighted by Crippen LogP contribution is -2.16. The van der Waals surface area contributed by atoms with Gasteiger partial charge in [0.2, 0.25) is 0 Å². The largest absolute Gasteiger partial charge is 0.497 e. The number of hydrogen-bond donors (Lipinski definition) is 2. The summed E-state index contributed by atoms with van der Waals surface area (Å²) in [6, 6.07) is 16.8. The van der Waals surface area contributed by atoms with Gasteiger partial charge in [0.1, 0.15) is 5.75 Å². The van der Waals surface area contributed by atoms with E-state index in [0.29, 0.717) is 5.82 Å². The molecule has 0 aliphatic carbocycles.